The zero-order valence-electron chi connectivity index (χ0n) is 14.8. The number of rotatable bonds is 5. The Hall–Kier alpha value is -3.34. The first-order valence-corrected chi connectivity index (χ1v) is 8.04. The van der Waals surface area contributed by atoms with Gasteiger partial charge in [0.2, 0.25) is 0 Å². The quantitative estimate of drug-likeness (QED) is 0.800. The predicted molar refractivity (Wildman–Crippen MR) is 94.4 cm³/mol. The number of hydrogen-bond acceptors (Lipinski definition) is 7. The number of amides is 1. The Morgan fingerprint density at radius 1 is 1.23 bits per heavy atom. The standard InChI is InChI=1S/C18H19N5O3/c1-22(18(24)12-4-5-15(25-2)16(8-12)26-3)13-10-23(11-13)17-14(9-19)20-6-7-21-17/h4-8,13H,10-11H2,1-3H3. The number of carbonyl (C=O) groups excluding carboxylic acids is 1. The number of nitriles is 1. The van der Waals surface area contributed by atoms with Crippen molar-refractivity contribution in [1.29, 1.82) is 5.26 Å². The van der Waals surface area contributed by atoms with Crippen molar-refractivity contribution < 1.29 is 14.3 Å². The van der Waals surface area contributed by atoms with E-state index in [1.54, 1.807) is 43.5 Å². The molecule has 0 aliphatic carbocycles. The molecule has 0 saturated carbocycles. The molecule has 26 heavy (non-hydrogen) atoms. The van der Waals surface area contributed by atoms with Gasteiger partial charge in [-0.1, -0.05) is 0 Å². The maximum atomic E-state index is 12.7. The molecule has 0 spiro atoms. The molecule has 1 aromatic heterocycles. The molecule has 3 rings (SSSR count). The summed E-state index contributed by atoms with van der Waals surface area (Å²) in [5, 5.41) is 9.13. The van der Waals surface area contributed by atoms with Crippen LogP contribution in [0.5, 0.6) is 11.5 Å². The summed E-state index contributed by atoms with van der Waals surface area (Å²) in [6.45, 7) is 1.20. The van der Waals surface area contributed by atoms with Crippen LogP contribution in [0.4, 0.5) is 5.82 Å². The van der Waals surface area contributed by atoms with E-state index in [2.05, 4.69) is 9.97 Å². The number of ether oxygens (including phenoxy) is 2. The van der Waals surface area contributed by atoms with Gasteiger partial charge in [0.25, 0.3) is 5.91 Å². The van der Waals surface area contributed by atoms with Gasteiger partial charge in [-0.3, -0.25) is 4.79 Å². The molecule has 134 valence electrons. The molecule has 1 aliphatic rings. The summed E-state index contributed by atoms with van der Waals surface area (Å²) in [7, 11) is 4.85. The van der Waals surface area contributed by atoms with Gasteiger partial charge in [0.15, 0.2) is 23.0 Å². The van der Waals surface area contributed by atoms with Gasteiger partial charge in [-0.2, -0.15) is 5.26 Å². The van der Waals surface area contributed by atoms with Crippen molar-refractivity contribution in [2.24, 2.45) is 0 Å². The largest absolute Gasteiger partial charge is 0.493 e. The molecular weight excluding hydrogens is 334 g/mol. The molecule has 8 nitrogen and oxygen atoms in total. The zero-order chi connectivity index (χ0) is 18.7. The fraction of sp³-hybridized carbons (Fsp3) is 0.333. The van der Waals surface area contributed by atoms with Crippen LogP contribution in [0.2, 0.25) is 0 Å². The first kappa shape index (κ1) is 17.5. The average Bonchev–Trinajstić information content (AvgIpc) is 2.65. The van der Waals surface area contributed by atoms with Gasteiger partial charge in [0.05, 0.1) is 20.3 Å². The summed E-state index contributed by atoms with van der Waals surface area (Å²) in [5.41, 5.74) is 0.820. The Morgan fingerprint density at radius 3 is 2.58 bits per heavy atom. The molecule has 2 aromatic rings. The van der Waals surface area contributed by atoms with Gasteiger partial charge in [0.1, 0.15) is 6.07 Å². The number of hydrogen-bond donors (Lipinski definition) is 0. The number of benzene rings is 1. The van der Waals surface area contributed by atoms with Crippen LogP contribution in [-0.4, -0.2) is 61.2 Å². The molecule has 0 radical (unpaired) electrons. The number of nitrogens with zero attached hydrogens (tertiary/aromatic N) is 5. The van der Waals surface area contributed by atoms with Crippen LogP contribution in [0, 0.1) is 11.3 Å². The third kappa shape index (κ3) is 3.11. The summed E-state index contributed by atoms with van der Waals surface area (Å²) < 4.78 is 10.5. The third-order valence-electron chi connectivity index (χ3n) is 4.45. The Labute approximate surface area is 151 Å². The van der Waals surface area contributed by atoms with Crippen LogP contribution in [0.3, 0.4) is 0 Å². The lowest BCUT2D eigenvalue weighted by molar-refractivity contribution is 0.0704. The summed E-state index contributed by atoms with van der Waals surface area (Å²) in [4.78, 5) is 24.6. The summed E-state index contributed by atoms with van der Waals surface area (Å²) in [5.74, 6) is 1.54. The van der Waals surface area contributed by atoms with Crippen molar-refractivity contribution in [2.75, 3.05) is 39.3 Å². The van der Waals surface area contributed by atoms with E-state index in [-0.39, 0.29) is 11.9 Å². The lowest BCUT2D eigenvalue weighted by atomic mass is 10.1. The number of likely N-dealkylation sites (N-methyl/N-ethyl adjacent to an activating group) is 1. The molecule has 1 fully saturated rings. The van der Waals surface area contributed by atoms with Crippen LogP contribution < -0.4 is 14.4 Å². The van der Waals surface area contributed by atoms with Gasteiger partial charge in [-0.05, 0) is 18.2 Å². The molecule has 8 heteroatoms. The van der Waals surface area contributed by atoms with Crippen molar-refractivity contribution >= 4 is 11.7 Å². The number of aromatic nitrogens is 2. The van der Waals surface area contributed by atoms with E-state index in [1.807, 2.05) is 11.0 Å². The Morgan fingerprint density at radius 2 is 1.92 bits per heavy atom. The second kappa shape index (κ2) is 7.27. The van der Waals surface area contributed by atoms with Gasteiger partial charge in [0, 0.05) is 38.1 Å². The van der Waals surface area contributed by atoms with Crippen molar-refractivity contribution in [2.45, 2.75) is 6.04 Å². The number of carbonyl (C=O) groups is 1. The zero-order valence-corrected chi connectivity index (χ0v) is 14.8. The topological polar surface area (TPSA) is 91.6 Å². The van der Waals surface area contributed by atoms with Crippen LogP contribution in [-0.2, 0) is 0 Å². The summed E-state index contributed by atoms with van der Waals surface area (Å²) in [6.07, 6.45) is 3.05. The van der Waals surface area contributed by atoms with E-state index in [0.717, 1.165) is 0 Å². The van der Waals surface area contributed by atoms with Crippen molar-refractivity contribution in [3.63, 3.8) is 0 Å². The van der Waals surface area contributed by atoms with Crippen LogP contribution in [0.15, 0.2) is 30.6 Å². The smallest absolute Gasteiger partial charge is 0.254 e. The third-order valence-corrected chi connectivity index (χ3v) is 4.45. The van der Waals surface area contributed by atoms with Crippen LogP contribution in [0.25, 0.3) is 0 Å². The molecule has 0 N–H and O–H groups in total. The highest BCUT2D eigenvalue weighted by Gasteiger charge is 2.35. The first-order valence-electron chi connectivity index (χ1n) is 8.04. The average molecular weight is 353 g/mol. The second-order valence-corrected chi connectivity index (χ2v) is 5.88. The molecular formula is C18H19N5O3. The molecule has 0 bridgehead atoms. The minimum absolute atomic E-state index is 0.0316. The van der Waals surface area contributed by atoms with E-state index in [0.29, 0.717) is 41.7 Å². The fourth-order valence-electron chi connectivity index (χ4n) is 2.85. The predicted octanol–water partition coefficient (Wildman–Crippen LogP) is 1.33. The second-order valence-electron chi connectivity index (χ2n) is 5.88. The maximum Gasteiger partial charge on any atom is 0.254 e. The fourth-order valence-corrected chi connectivity index (χ4v) is 2.85. The monoisotopic (exact) mass is 353 g/mol. The minimum atomic E-state index is -0.102. The highest BCUT2D eigenvalue weighted by atomic mass is 16.5. The molecule has 1 aromatic carbocycles. The molecule has 0 atom stereocenters. The lowest BCUT2D eigenvalue weighted by Gasteiger charge is -2.44. The molecule has 1 saturated heterocycles. The maximum absolute atomic E-state index is 12.7. The molecule has 1 amide bonds. The summed E-state index contributed by atoms with van der Waals surface area (Å²) >= 11 is 0. The Balaban J connectivity index is 1.69. The SMILES string of the molecule is COc1ccc(C(=O)N(C)C2CN(c3nccnc3C#N)C2)cc1OC. The normalized spacial score (nSPS) is 13.5. The highest BCUT2D eigenvalue weighted by molar-refractivity contribution is 5.95. The van der Waals surface area contributed by atoms with E-state index in [9.17, 15) is 4.79 Å². The Kier molecular flexibility index (Phi) is 4.89. The molecule has 1 aliphatic heterocycles. The van der Waals surface area contributed by atoms with E-state index >= 15 is 0 Å². The van der Waals surface area contributed by atoms with Gasteiger partial charge >= 0.3 is 0 Å². The van der Waals surface area contributed by atoms with Crippen molar-refractivity contribution in [1.82, 2.24) is 14.9 Å². The van der Waals surface area contributed by atoms with Gasteiger partial charge in [-0.25, -0.2) is 9.97 Å². The number of methoxy groups -OCH3 is 2. The first-order chi connectivity index (χ1) is 12.6. The molecule has 0 unspecified atom stereocenters. The highest BCUT2D eigenvalue weighted by Crippen LogP contribution is 2.29. The van der Waals surface area contributed by atoms with Crippen molar-refractivity contribution in [3.8, 4) is 17.6 Å². The molecule has 2 heterocycles. The summed E-state index contributed by atoms with van der Waals surface area (Å²) in [6, 6.07) is 7.17. The minimum Gasteiger partial charge on any atom is -0.493 e. The van der Waals surface area contributed by atoms with E-state index in [1.165, 1.54) is 13.3 Å². The van der Waals surface area contributed by atoms with Crippen molar-refractivity contribution in [3.05, 3.63) is 41.9 Å². The van der Waals surface area contributed by atoms with E-state index < -0.39 is 0 Å². The number of anilines is 1. The van der Waals surface area contributed by atoms with Gasteiger partial charge in [-0.15, -0.1) is 0 Å². The van der Waals surface area contributed by atoms with E-state index in [4.69, 9.17) is 14.7 Å². The Bertz CT molecular complexity index is 858. The van der Waals surface area contributed by atoms with Crippen LogP contribution >= 0.6 is 0 Å². The lowest BCUT2D eigenvalue weighted by Crippen LogP contribution is -2.60. The van der Waals surface area contributed by atoms with Crippen LogP contribution in [0.1, 0.15) is 16.1 Å². The van der Waals surface area contributed by atoms with Gasteiger partial charge < -0.3 is 19.3 Å².